The molecule has 8 nitrogen and oxygen atoms in total. The fourth-order valence-corrected chi connectivity index (χ4v) is 5.13. The molecule has 1 atom stereocenters. The first-order valence-electron chi connectivity index (χ1n) is 9.84. The topological polar surface area (TPSA) is 88.4 Å². The van der Waals surface area contributed by atoms with Gasteiger partial charge in [-0.25, -0.2) is 18.1 Å². The van der Waals surface area contributed by atoms with Crippen molar-refractivity contribution in [3.8, 4) is 0 Å². The number of benzene rings is 1. The molecule has 1 aliphatic heterocycles. The van der Waals surface area contributed by atoms with Crippen molar-refractivity contribution in [1.29, 1.82) is 0 Å². The maximum absolute atomic E-state index is 12.9. The van der Waals surface area contributed by atoms with Gasteiger partial charge in [-0.15, -0.1) is 0 Å². The van der Waals surface area contributed by atoms with Crippen molar-refractivity contribution in [2.45, 2.75) is 52.0 Å². The van der Waals surface area contributed by atoms with Crippen molar-refractivity contribution < 1.29 is 13.2 Å². The van der Waals surface area contributed by atoms with Crippen LogP contribution in [0.25, 0.3) is 0 Å². The van der Waals surface area contributed by atoms with Crippen molar-refractivity contribution in [2.24, 2.45) is 0 Å². The Bertz CT molecular complexity index is 1010. The molecule has 29 heavy (non-hydrogen) atoms. The van der Waals surface area contributed by atoms with Gasteiger partial charge in [0.2, 0.25) is 15.9 Å². The number of sulfonamides is 1. The highest BCUT2D eigenvalue weighted by Crippen LogP contribution is 2.21. The van der Waals surface area contributed by atoms with Crippen molar-refractivity contribution >= 4 is 15.9 Å². The van der Waals surface area contributed by atoms with Crippen LogP contribution in [0.5, 0.6) is 0 Å². The molecule has 158 valence electrons. The van der Waals surface area contributed by atoms with E-state index in [2.05, 4.69) is 10.1 Å². The molecule has 1 unspecified atom stereocenters. The normalized spacial score (nSPS) is 16.8. The maximum Gasteiger partial charge on any atom is 0.243 e. The van der Waals surface area contributed by atoms with E-state index in [9.17, 15) is 13.2 Å². The largest absolute Gasteiger partial charge is 0.340 e. The van der Waals surface area contributed by atoms with Crippen LogP contribution in [0.1, 0.15) is 42.2 Å². The van der Waals surface area contributed by atoms with E-state index in [0.717, 1.165) is 17.0 Å². The van der Waals surface area contributed by atoms with Crippen LogP contribution in [-0.4, -0.2) is 64.5 Å². The van der Waals surface area contributed by atoms with E-state index >= 15 is 0 Å². The average Bonchev–Trinajstić information content (AvgIpc) is 3.02. The maximum atomic E-state index is 12.9. The van der Waals surface area contributed by atoms with Gasteiger partial charge in [-0.3, -0.25) is 4.79 Å². The minimum atomic E-state index is -3.55. The van der Waals surface area contributed by atoms with Gasteiger partial charge in [0.15, 0.2) is 0 Å². The third-order valence-electron chi connectivity index (χ3n) is 5.50. The van der Waals surface area contributed by atoms with Crippen LogP contribution in [0, 0.1) is 27.7 Å². The summed E-state index contributed by atoms with van der Waals surface area (Å²) in [5, 5.41) is 4.35. The Hall–Kier alpha value is -2.26. The molecule has 0 saturated carbocycles. The van der Waals surface area contributed by atoms with E-state index in [1.165, 1.54) is 4.31 Å². The van der Waals surface area contributed by atoms with Crippen molar-refractivity contribution in [2.75, 3.05) is 26.2 Å². The molecule has 2 aromatic rings. The Morgan fingerprint density at radius 1 is 1.07 bits per heavy atom. The number of aryl methyl sites for hydroxylation is 4. The highest BCUT2D eigenvalue weighted by molar-refractivity contribution is 7.89. The highest BCUT2D eigenvalue weighted by Gasteiger charge is 2.31. The first kappa shape index (κ1) is 21.4. The van der Waals surface area contributed by atoms with Gasteiger partial charge in [0.05, 0.1) is 10.9 Å². The number of carbonyl (C=O) groups is 1. The van der Waals surface area contributed by atoms with Crippen LogP contribution in [0.15, 0.2) is 23.1 Å². The first-order chi connectivity index (χ1) is 13.6. The molecule has 9 heteroatoms. The van der Waals surface area contributed by atoms with Gasteiger partial charge in [-0.1, -0.05) is 6.07 Å². The number of amides is 1. The van der Waals surface area contributed by atoms with Crippen LogP contribution in [-0.2, 0) is 14.8 Å². The Balaban J connectivity index is 1.61. The number of nitrogens with zero attached hydrogens (tertiary/aromatic N) is 5. The number of rotatable bonds is 5. The van der Waals surface area contributed by atoms with Gasteiger partial charge >= 0.3 is 0 Å². The molecular formula is C20H29N5O3S. The molecule has 0 N–H and O–H groups in total. The molecule has 3 rings (SSSR count). The lowest BCUT2D eigenvalue weighted by Crippen LogP contribution is -2.50. The standard InChI is InChI=1S/C20H29N5O3S/c1-14-6-7-19(12-15(14)2)29(27,28)24-10-8-23(9-11-24)20(26)13-16(3)25-18(5)21-17(4)22-25/h6-7,12,16H,8-11,13H2,1-5H3. The Labute approximate surface area is 172 Å². The van der Waals surface area contributed by atoms with E-state index < -0.39 is 10.0 Å². The Morgan fingerprint density at radius 2 is 1.72 bits per heavy atom. The smallest absolute Gasteiger partial charge is 0.243 e. The second kappa shape index (κ2) is 8.23. The molecule has 1 aromatic carbocycles. The predicted octanol–water partition coefficient (Wildman–Crippen LogP) is 2.00. The lowest BCUT2D eigenvalue weighted by molar-refractivity contribution is -0.133. The summed E-state index contributed by atoms with van der Waals surface area (Å²) in [5.74, 6) is 1.48. The van der Waals surface area contributed by atoms with Crippen molar-refractivity contribution in [3.63, 3.8) is 0 Å². The second-order valence-corrected chi connectivity index (χ2v) is 9.67. The number of hydrogen-bond acceptors (Lipinski definition) is 5. The summed E-state index contributed by atoms with van der Waals surface area (Å²) in [6, 6.07) is 5.10. The number of aromatic nitrogens is 3. The zero-order chi connectivity index (χ0) is 21.3. The second-order valence-electron chi connectivity index (χ2n) is 7.73. The van der Waals surface area contributed by atoms with Gasteiger partial charge < -0.3 is 4.90 Å². The fourth-order valence-electron chi connectivity index (χ4n) is 3.62. The summed E-state index contributed by atoms with van der Waals surface area (Å²) < 4.78 is 29.1. The van der Waals surface area contributed by atoms with Gasteiger partial charge in [0.1, 0.15) is 11.6 Å². The van der Waals surface area contributed by atoms with Gasteiger partial charge in [-0.2, -0.15) is 9.40 Å². The minimum Gasteiger partial charge on any atom is -0.340 e. The molecule has 0 radical (unpaired) electrons. The summed E-state index contributed by atoms with van der Waals surface area (Å²) in [5.41, 5.74) is 2.01. The fraction of sp³-hybridized carbons (Fsp3) is 0.550. The summed E-state index contributed by atoms with van der Waals surface area (Å²) >= 11 is 0. The van der Waals surface area contributed by atoms with Crippen LogP contribution in [0.2, 0.25) is 0 Å². The van der Waals surface area contributed by atoms with Crippen molar-refractivity contribution in [1.82, 2.24) is 24.0 Å². The van der Waals surface area contributed by atoms with Gasteiger partial charge in [0.25, 0.3) is 0 Å². The lowest BCUT2D eigenvalue weighted by Gasteiger charge is -2.34. The zero-order valence-electron chi connectivity index (χ0n) is 17.7. The van der Waals surface area contributed by atoms with Crippen LogP contribution >= 0.6 is 0 Å². The van der Waals surface area contributed by atoms with E-state index in [4.69, 9.17) is 0 Å². The zero-order valence-corrected chi connectivity index (χ0v) is 18.5. The summed E-state index contributed by atoms with van der Waals surface area (Å²) in [6.45, 7) is 10.9. The van der Waals surface area contributed by atoms with E-state index in [1.54, 1.807) is 21.7 Å². The Kier molecular flexibility index (Phi) is 6.09. The molecule has 0 aliphatic carbocycles. The summed E-state index contributed by atoms with van der Waals surface area (Å²) in [7, 11) is -3.55. The Morgan fingerprint density at radius 3 is 2.28 bits per heavy atom. The first-order valence-corrected chi connectivity index (χ1v) is 11.3. The highest BCUT2D eigenvalue weighted by atomic mass is 32.2. The average molecular weight is 420 g/mol. The van der Waals surface area contributed by atoms with E-state index in [0.29, 0.717) is 43.3 Å². The molecule has 0 bridgehead atoms. The van der Waals surface area contributed by atoms with Gasteiger partial charge in [0, 0.05) is 32.6 Å². The molecule has 1 aromatic heterocycles. The number of carbonyl (C=O) groups excluding carboxylic acids is 1. The molecule has 1 fully saturated rings. The lowest BCUT2D eigenvalue weighted by atomic mass is 10.1. The molecular weight excluding hydrogens is 390 g/mol. The molecule has 2 heterocycles. The van der Waals surface area contributed by atoms with Crippen LogP contribution in [0.3, 0.4) is 0 Å². The van der Waals surface area contributed by atoms with Crippen LogP contribution < -0.4 is 0 Å². The molecule has 1 amide bonds. The third-order valence-corrected chi connectivity index (χ3v) is 7.40. The SMILES string of the molecule is Cc1nc(C)n(C(C)CC(=O)N2CCN(S(=O)(=O)c3ccc(C)c(C)c3)CC2)n1. The summed E-state index contributed by atoms with van der Waals surface area (Å²) in [4.78, 5) is 19.0. The minimum absolute atomic E-state index is 0.00767. The molecule has 1 aliphatic rings. The quantitative estimate of drug-likeness (QED) is 0.740. The van der Waals surface area contributed by atoms with Gasteiger partial charge in [-0.05, 0) is 57.9 Å². The monoisotopic (exact) mass is 419 g/mol. The molecule has 1 saturated heterocycles. The van der Waals surface area contributed by atoms with E-state index in [1.807, 2.05) is 40.7 Å². The van der Waals surface area contributed by atoms with Crippen molar-refractivity contribution in [3.05, 3.63) is 41.0 Å². The molecule has 0 spiro atoms. The number of hydrogen-bond donors (Lipinski definition) is 0. The van der Waals surface area contributed by atoms with E-state index in [-0.39, 0.29) is 11.9 Å². The number of piperazine rings is 1. The van der Waals surface area contributed by atoms with Crippen LogP contribution in [0.4, 0.5) is 0 Å². The predicted molar refractivity (Wildman–Crippen MR) is 110 cm³/mol. The summed E-state index contributed by atoms with van der Waals surface area (Å²) in [6.07, 6.45) is 0.313. The third kappa shape index (κ3) is 4.51.